The Kier molecular flexibility index (Phi) is 5.83. The van der Waals surface area contributed by atoms with E-state index < -0.39 is 0 Å². The molecule has 0 bridgehead atoms. The Bertz CT molecular complexity index is 460. The van der Waals surface area contributed by atoms with Gasteiger partial charge in [-0.3, -0.25) is 9.59 Å². The highest BCUT2D eigenvalue weighted by atomic mass is 16.1. The van der Waals surface area contributed by atoms with Crippen LogP contribution in [-0.2, 0) is 6.54 Å². The monoisotopic (exact) mass is 249 g/mol. The van der Waals surface area contributed by atoms with Crippen molar-refractivity contribution in [1.29, 1.82) is 0 Å². The Morgan fingerprint density at radius 2 is 1.83 bits per heavy atom. The molecular formula is C15H23NO2. The molecule has 0 aliphatic rings. The second-order valence-electron chi connectivity index (χ2n) is 4.82. The Morgan fingerprint density at radius 1 is 1.17 bits per heavy atom. The van der Waals surface area contributed by atoms with Crippen molar-refractivity contribution >= 4 is 5.78 Å². The number of aryl methyl sites for hydroxylation is 1. The van der Waals surface area contributed by atoms with Gasteiger partial charge in [0.15, 0.2) is 5.78 Å². The van der Waals surface area contributed by atoms with E-state index in [-0.39, 0.29) is 11.3 Å². The summed E-state index contributed by atoms with van der Waals surface area (Å²) < 4.78 is 1.72. The average molecular weight is 249 g/mol. The number of carbonyl (C=O) groups is 1. The standard InChI is InChI=1S/C15H23NO2/c1-4-5-6-7-8-11-16-12(2)9-10-14(13(3)17)15(16)18/h9-10H,4-8,11H2,1-3H3. The van der Waals surface area contributed by atoms with Crippen molar-refractivity contribution in [2.45, 2.75) is 59.4 Å². The number of aromatic nitrogens is 1. The lowest BCUT2D eigenvalue weighted by Crippen LogP contribution is -2.27. The van der Waals surface area contributed by atoms with E-state index in [0.29, 0.717) is 5.56 Å². The van der Waals surface area contributed by atoms with E-state index in [2.05, 4.69) is 6.92 Å². The van der Waals surface area contributed by atoms with Gasteiger partial charge in [0.25, 0.3) is 5.56 Å². The van der Waals surface area contributed by atoms with Crippen LogP contribution < -0.4 is 5.56 Å². The van der Waals surface area contributed by atoms with Gasteiger partial charge in [0.2, 0.25) is 0 Å². The van der Waals surface area contributed by atoms with Crippen molar-refractivity contribution < 1.29 is 4.79 Å². The van der Waals surface area contributed by atoms with Crippen LogP contribution in [0.1, 0.15) is 62.0 Å². The predicted molar refractivity (Wildman–Crippen MR) is 74.2 cm³/mol. The van der Waals surface area contributed by atoms with Crippen molar-refractivity contribution in [2.24, 2.45) is 0 Å². The van der Waals surface area contributed by atoms with Crippen molar-refractivity contribution in [1.82, 2.24) is 4.57 Å². The molecular weight excluding hydrogens is 226 g/mol. The zero-order chi connectivity index (χ0) is 13.5. The summed E-state index contributed by atoms with van der Waals surface area (Å²) in [5.41, 5.74) is 1.09. The molecule has 1 heterocycles. The largest absolute Gasteiger partial charge is 0.312 e. The molecule has 0 aliphatic heterocycles. The van der Waals surface area contributed by atoms with Gasteiger partial charge in [-0.25, -0.2) is 0 Å². The fraction of sp³-hybridized carbons (Fsp3) is 0.600. The smallest absolute Gasteiger partial charge is 0.261 e. The maximum absolute atomic E-state index is 12.1. The first kappa shape index (κ1) is 14.7. The van der Waals surface area contributed by atoms with Gasteiger partial charge in [0.05, 0.1) is 5.56 Å². The quantitative estimate of drug-likeness (QED) is 0.549. The molecule has 100 valence electrons. The van der Waals surface area contributed by atoms with Crippen LogP contribution in [0.15, 0.2) is 16.9 Å². The van der Waals surface area contributed by atoms with Gasteiger partial charge in [0.1, 0.15) is 0 Å². The van der Waals surface area contributed by atoms with Gasteiger partial charge >= 0.3 is 0 Å². The van der Waals surface area contributed by atoms with Crippen molar-refractivity contribution in [2.75, 3.05) is 0 Å². The van der Waals surface area contributed by atoms with E-state index in [0.717, 1.165) is 25.1 Å². The topological polar surface area (TPSA) is 39.1 Å². The lowest BCUT2D eigenvalue weighted by atomic mass is 10.1. The second-order valence-corrected chi connectivity index (χ2v) is 4.82. The summed E-state index contributed by atoms with van der Waals surface area (Å²) in [6, 6.07) is 3.48. The molecule has 0 amide bonds. The molecule has 1 aromatic heterocycles. The van der Waals surface area contributed by atoms with Crippen LogP contribution >= 0.6 is 0 Å². The van der Waals surface area contributed by atoms with Crippen LogP contribution in [0, 0.1) is 6.92 Å². The predicted octanol–water partition coefficient (Wildman–Crippen LogP) is 3.33. The molecule has 0 fully saturated rings. The number of rotatable bonds is 7. The minimum atomic E-state index is -0.153. The molecule has 0 aliphatic carbocycles. The molecule has 0 N–H and O–H groups in total. The molecule has 0 saturated heterocycles. The number of ketones is 1. The molecule has 0 atom stereocenters. The van der Waals surface area contributed by atoms with E-state index in [4.69, 9.17) is 0 Å². The average Bonchev–Trinajstić information content (AvgIpc) is 2.32. The van der Waals surface area contributed by atoms with Gasteiger partial charge in [0, 0.05) is 12.2 Å². The molecule has 3 heteroatoms. The highest BCUT2D eigenvalue weighted by Gasteiger charge is 2.09. The number of carbonyl (C=O) groups excluding carboxylic acids is 1. The Labute approximate surface area is 109 Å². The van der Waals surface area contributed by atoms with Crippen molar-refractivity contribution in [3.63, 3.8) is 0 Å². The Balaban J connectivity index is 2.73. The number of nitrogens with zero attached hydrogens (tertiary/aromatic N) is 1. The summed E-state index contributed by atoms with van der Waals surface area (Å²) in [5, 5.41) is 0. The first-order valence-electron chi connectivity index (χ1n) is 6.79. The fourth-order valence-electron chi connectivity index (χ4n) is 2.09. The van der Waals surface area contributed by atoms with Gasteiger partial charge in [-0.15, -0.1) is 0 Å². The summed E-state index contributed by atoms with van der Waals surface area (Å²) >= 11 is 0. The van der Waals surface area contributed by atoms with Gasteiger partial charge < -0.3 is 4.57 Å². The minimum absolute atomic E-state index is 0.141. The van der Waals surface area contributed by atoms with E-state index in [1.54, 1.807) is 10.6 Å². The molecule has 0 saturated carbocycles. The maximum Gasteiger partial charge on any atom is 0.261 e. The number of unbranched alkanes of at least 4 members (excludes halogenated alkanes) is 4. The maximum atomic E-state index is 12.1. The highest BCUT2D eigenvalue weighted by Crippen LogP contribution is 2.06. The fourth-order valence-corrected chi connectivity index (χ4v) is 2.09. The first-order chi connectivity index (χ1) is 8.57. The Morgan fingerprint density at radius 3 is 2.44 bits per heavy atom. The van der Waals surface area contributed by atoms with E-state index in [1.165, 1.54) is 26.2 Å². The van der Waals surface area contributed by atoms with Crippen LogP contribution in [-0.4, -0.2) is 10.4 Å². The molecule has 1 rings (SSSR count). The van der Waals surface area contributed by atoms with Crippen molar-refractivity contribution in [3.8, 4) is 0 Å². The SMILES string of the molecule is CCCCCCCn1c(C)ccc(C(C)=O)c1=O. The van der Waals surface area contributed by atoms with Crippen LogP contribution in [0.4, 0.5) is 0 Å². The third kappa shape index (κ3) is 3.83. The number of pyridine rings is 1. The van der Waals surface area contributed by atoms with Crippen LogP contribution in [0.3, 0.4) is 0 Å². The van der Waals surface area contributed by atoms with Crippen LogP contribution in [0.5, 0.6) is 0 Å². The number of hydrogen-bond acceptors (Lipinski definition) is 2. The lowest BCUT2D eigenvalue weighted by molar-refractivity contribution is 0.101. The summed E-state index contributed by atoms with van der Waals surface area (Å²) in [6.45, 7) is 6.26. The number of Topliss-reactive ketones (excluding diaryl/α,β-unsaturated/α-hetero) is 1. The summed E-state index contributed by atoms with van der Waals surface area (Å²) in [5.74, 6) is -0.153. The molecule has 0 spiro atoms. The third-order valence-corrected chi connectivity index (χ3v) is 3.26. The zero-order valence-electron chi connectivity index (χ0n) is 11.7. The number of hydrogen-bond donors (Lipinski definition) is 0. The third-order valence-electron chi connectivity index (χ3n) is 3.26. The Hall–Kier alpha value is -1.38. The van der Waals surface area contributed by atoms with E-state index in [1.807, 2.05) is 13.0 Å². The van der Waals surface area contributed by atoms with Gasteiger partial charge in [-0.1, -0.05) is 32.6 Å². The summed E-state index contributed by atoms with van der Waals surface area (Å²) in [6.07, 6.45) is 5.84. The first-order valence-corrected chi connectivity index (χ1v) is 6.79. The van der Waals surface area contributed by atoms with E-state index >= 15 is 0 Å². The van der Waals surface area contributed by atoms with Crippen LogP contribution in [0.25, 0.3) is 0 Å². The normalized spacial score (nSPS) is 10.6. The summed E-state index contributed by atoms with van der Waals surface area (Å²) in [4.78, 5) is 23.4. The minimum Gasteiger partial charge on any atom is -0.312 e. The van der Waals surface area contributed by atoms with E-state index in [9.17, 15) is 9.59 Å². The van der Waals surface area contributed by atoms with Gasteiger partial charge in [-0.05, 0) is 32.4 Å². The van der Waals surface area contributed by atoms with Crippen molar-refractivity contribution in [3.05, 3.63) is 33.7 Å². The highest BCUT2D eigenvalue weighted by molar-refractivity contribution is 5.93. The summed E-state index contributed by atoms with van der Waals surface area (Å²) in [7, 11) is 0. The molecule has 0 radical (unpaired) electrons. The zero-order valence-corrected chi connectivity index (χ0v) is 11.7. The van der Waals surface area contributed by atoms with Gasteiger partial charge in [-0.2, -0.15) is 0 Å². The molecule has 3 nitrogen and oxygen atoms in total. The van der Waals surface area contributed by atoms with Crippen LogP contribution in [0.2, 0.25) is 0 Å². The molecule has 1 aromatic rings. The molecule has 0 aromatic carbocycles. The molecule has 18 heavy (non-hydrogen) atoms. The second kappa shape index (κ2) is 7.14. The molecule has 0 unspecified atom stereocenters. The lowest BCUT2D eigenvalue weighted by Gasteiger charge is -2.10.